The van der Waals surface area contributed by atoms with Crippen LogP contribution in [0.2, 0.25) is 0 Å². The second-order valence-corrected chi connectivity index (χ2v) is 10.6. The summed E-state index contributed by atoms with van der Waals surface area (Å²) in [6, 6.07) is 4.45. The van der Waals surface area contributed by atoms with Gasteiger partial charge in [0.05, 0.1) is 6.61 Å². The van der Waals surface area contributed by atoms with Crippen molar-refractivity contribution in [2.24, 2.45) is 17.3 Å². The molecule has 4 fully saturated rings. The molecule has 2 unspecified atom stereocenters. The van der Waals surface area contributed by atoms with Crippen LogP contribution in [-0.4, -0.2) is 17.8 Å². The highest BCUT2D eigenvalue weighted by molar-refractivity contribution is 7.96. The van der Waals surface area contributed by atoms with Gasteiger partial charge in [0.15, 0.2) is 0 Å². The van der Waals surface area contributed by atoms with Crippen LogP contribution in [0.15, 0.2) is 12.1 Å². The molecule has 4 aliphatic rings. The number of esters is 1. The molecular formula is C22H27F2O5S-. The number of benzene rings is 1. The van der Waals surface area contributed by atoms with Crippen LogP contribution in [0.1, 0.15) is 60.8 Å². The fourth-order valence-electron chi connectivity index (χ4n) is 7.32. The molecule has 8 heteroatoms. The molecule has 0 heterocycles. The smallest absolute Gasteiger partial charge is 0.415 e. The van der Waals surface area contributed by atoms with Gasteiger partial charge in [-0.15, -0.1) is 0 Å². The summed E-state index contributed by atoms with van der Waals surface area (Å²) >= 11 is -0.637. The monoisotopic (exact) mass is 441 g/mol. The van der Waals surface area contributed by atoms with Crippen LogP contribution >= 0.6 is 12.0 Å². The van der Waals surface area contributed by atoms with Gasteiger partial charge in [-0.3, -0.25) is 5.04 Å². The van der Waals surface area contributed by atoms with Crippen LogP contribution in [0.5, 0.6) is 0 Å². The van der Waals surface area contributed by atoms with E-state index in [0.717, 1.165) is 32.1 Å². The number of rotatable bonds is 7. The summed E-state index contributed by atoms with van der Waals surface area (Å²) in [7, 11) is 0. The van der Waals surface area contributed by atoms with E-state index in [9.17, 15) is 18.8 Å². The molecule has 0 spiro atoms. The maximum Gasteiger partial charge on any atom is 0.415 e. The van der Waals surface area contributed by atoms with Crippen molar-refractivity contribution in [1.82, 2.24) is 0 Å². The third-order valence-electron chi connectivity index (χ3n) is 7.30. The van der Waals surface area contributed by atoms with Crippen molar-refractivity contribution in [1.29, 1.82) is 0 Å². The van der Waals surface area contributed by atoms with Gasteiger partial charge in [-0.05, 0) is 93.2 Å². The van der Waals surface area contributed by atoms with E-state index in [1.807, 2.05) is 0 Å². The van der Waals surface area contributed by atoms with Gasteiger partial charge in [0.1, 0.15) is 12.0 Å². The SMILES string of the molecule is Cc1cc(C)c(C23CC4CC(CC(COC(=O)C(F)(F)SOO[O-])(C4)C2)C3)c(C)c1. The average molecular weight is 442 g/mol. The lowest BCUT2D eigenvalue weighted by atomic mass is 9.42. The molecule has 0 radical (unpaired) electrons. The topological polar surface area (TPSA) is 67.8 Å². The summed E-state index contributed by atoms with van der Waals surface area (Å²) in [5.41, 5.74) is 4.97. The van der Waals surface area contributed by atoms with Gasteiger partial charge in [-0.2, -0.15) is 13.1 Å². The van der Waals surface area contributed by atoms with Gasteiger partial charge in [-0.25, -0.2) is 4.79 Å². The average Bonchev–Trinajstić information content (AvgIpc) is 2.62. The molecule has 0 aromatic heterocycles. The first-order chi connectivity index (χ1) is 14.1. The number of carbonyl (C=O) groups is 1. The third kappa shape index (κ3) is 3.87. The number of alkyl halides is 2. The Hall–Kier alpha value is -1.22. The van der Waals surface area contributed by atoms with Crippen molar-refractivity contribution >= 4 is 18.0 Å². The molecule has 4 bridgehead atoms. The Morgan fingerprint density at radius 1 is 1.17 bits per heavy atom. The predicted octanol–water partition coefficient (Wildman–Crippen LogP) is 4.46. The van der Waals surface area contributed by atoms with E-state index < -0.39 is 23.3 Å². The summed E-state index contributed by atoms with van der Waals surface area (Å²) < 4.78 is 36.3. The minimum absolute atomic E-state index is 0.0230. The Balaban J connectivity index is 1.57. The number of aryl methyl sites for hydroxylation is 3. The quantitative estimate of drug-likeness (QED) is 0.269. The van der Waals surface area contributed by atoms with E-state index in [2.05, 4.69) is 42.3 Å². The number of carbonyl (C=O) groups excluding carboxylic acids is 1. The highest BCUT2D eigenvalue weighted by Gasteiger charge is 2.59. The molecule has 5 nitrogen and oxygen atoms in total. The van der Waals surface area contributed by atoms with Gasteiger partial charge in [0.25, 0.3) is 0 Å². The number of halogens is 2. The molecule has 5 rings (SSSR count). The summed E-state index contributed by atoms with van der Waals surface area (Å²) in [6.07, 6.45) is 6.06. The van der Waals surface area contributed by atoms with E-state index in [0.29, 0.717) is 11.8 Å². The van der Waals surface area contributed by atoms with Crippen LogP contribution in [0.3, 0.4) is 0 Å². The molecular weight excluding hydrogens is 414 g/mol. The zero-order chi connectivity index (χ0) is 21.7. The first-order valence-corrected chi connectivity index (χ1v) is 11.1. The highest BCUT2D eigenvalue weighted by Crippen LogP contribution is 2.66. The van der Waals surface area contributed by atoms with Crippen molar-refractivity contribution in [3.63, 3.8) is 0 Å². The summed E-state index contributed by atoms with van der Waals surface area (Å²) in [5.74, 6) is -0.647. The minimum Gasteiger partial charge on any atom is -0.691 e. The maximum absolute atomic E-state index is 13.8. The van der Waals surface area contributed by atoms with E-state index in [1.165, 1.54) is 28.7 Å². The fraction of sp³-hybridized carbons (Fsp3) is 0.682. The molecule has 0 N–H and O–H groups in total. The van der Waals surface area contributed by atoms with E-state index in [1.54, 1.807) is 0 Å². The molecule has 0 aliphatic heterocycles. The molecule has 0 amide bonds. The molecule has 0 saturated heterocycles. The Morgan fingerprint density at radius 3 is 2.33 bits per heavy atom. The lowest BCUT2D eigenvalue weighted by molar-refractivity contribution is -0.777. The summed E-state index contributed by atoms with van der Waals surface area (Å²) in [6.45, 7) is 6.40. The normalized spacial score (nSPS) is 32.5. The van der Waals surface area contributed by atoms with Gasteiger partial charge < -0.3 is 9.99 Å². The van der Waals surface area contributed by atoms with Crippen molar-refractivity contribution in [2.45, 2.75) is 70.0 Å². The van der Waals surface area contributed by atoms with Crippen molar-refractivity contribution < 1.29 is 32.9 Å². The number of hydrogen-bond donors (Lipinski definition) is 0. The van der Waals surface area contributed by atoms with E-state index >= 15 is 0 Å². The standard InChI is InChI=1S/C22H28F2O5S/c1-13-4-14(2)18(15(3)5-13)21-9-16-6-17(10-21)8-20(7-16,11-21)12-27-19(25)22(23,24)30-29-28-26/h4-5,16-17,26H,6-12H2,1-3H3/p-1. The van der Waals surface area contributed by atoms with Crippen molar-refractivity contribution in [3.05, 3.63) is 34.4 Å². The Labute approximate surface area is 179 Å². The zero-order valence-corrected chi connectivity index (χ0v) is 18.3. The minimum atomic E-state index is -3.99. The second-order valence-electron chi connectivity index (χ2n) is 9.83. The van der Waals surface area contributed by atoms with Gasteiger partial charge in [0.2, 0.25) is 0 Å². The molecule has 1 aromatic carbocycles. The van der Waals surface area contributed by atoms with Gasteiger partial charge in [-0.1, -0.05) is 17.7 Å². The van der Waals surface area contributed by atoms with E-state index in [4.69, 9.17) is 4.74 Å². The van der Waals surface area contributed by atoms with Crippen LogP contribution in [-0.2, 0) is 24.3 Å². The largest absolute Gasteiger partial charge is 0.691 e. The lowest BCUT2D eigenvalue weighted by Gasteiger charge is -2.62. The Bertz CT molecular complexity index is 806. The van der Waals surface area contributed by atoms with Crippen molar-refractivity contribution in [2.75, 3.05) is 6.61 Å². The first kappa shape index (κ1) is 22.0. The highest BCUT2D eigenvalue weighted by atomic mass is 32.2. The Morgan fingerprint density at radius 2 is 1.77 bits per heavy atom. The lowest BCUT2D eigenvalue weighted by Crippen LogP contribution is -2.56. The van der Waals surface area contributed by atoms with Crippen LogP contribution in [0.25, 0.3) is 0 Å². The molecule has 4 aliphatic carbocycles. The predicted molar refractivity (Wildman–Crippen MR) is 105 cm³/mol. The first-order valence-electron chi connectivity index (χ1n) is 10.4. The Kier molecular flexibility index (Phi) is 5.66. The van der Waals surface area contributed by atoms with Crippen LogP contribution in [0, 0.1) is 38.0 Å². The summed E-state index contributed by atoms with van der Waals surface area (Å²) in [5, 5.41) is 8.74. The fourth-order valence-corrected chi connectivity index (χ4v) is 7.56. The molecule has 166 valence electrons. The molecule has 1 aromatic rings. The van der Waals surface area contributed by atoms with Crippen molar-refractivity contribution in [3.8, 4) is 0 Å². The van der Waals surface area contributed by atoms with Crippen LogP contribution < -0.4 is 5.26 Å². The molecule has 4 saturated carbocycles. The maximum atomic E-state index is 13.8. The zero-order valence-electron chi connectivity index (χ0n) is 17.5. The van der Waals surface area contributed by atoms with Gasteiger partial charge >= 0.3 is 11.2 Å². The number of hydrogen-bond acceptors (Lipinski definition) is 6. The molecule has 30 heavy (non-hydrogen) atoms. The second kappa shape index (κ2) is 7.73. The third-order valence-corrected chi connectivity index (χ3v) is 7.80. The number of ether oxygens (including phenoxy) is 1. The summed E-state index contributed by atoms with van der Waals surface area (Å²) in [4.78, 5) is 11.9. The van der Waals surface area contributed by atoms with E-state index in [-0.39, 0.29) is 17.4 Å². The molecule has 2 atom stereocenters. The van der Waals surface area contributed by atoms with Gasteiger partial charge in [0, 0.05) is 5.41 Å². The van der Waals surface area contributed by atoms with Crippen LogP contribution in [0.4, 0.5) is 8.78 Å².